The Morgan fingerprint density at radius 3 is 1.81 bits per heavy atom. The van der Waals surface area contributed by atoms with E-state index in [0.29, 0.717) is 0 Å². The van der Waals surface area contributed by atoms with Gasteiger partial charge in [0.05, 0.1) is 14.2 Å². The molecule has 3 nitrogen and oxygen atoms in total. The summed E-state index contributed by atoms with van der Waals surface area (Å²) in [5.74, 6) is 0.545. The Labute approximate surface area is 91.0 Å². The minimum absolute atomic E-state index is 0.0938. The first-order valence-electron chi connectivity index (χ1n) is 4.43. The summed E-state index contributed by atoms with van der Waals surface area (Å²) in [5, 5.41) is 0. The number of rotatable bonds is 3. The van der Waals surface area contributed by atoms with Crippen LogP contribution in [0.2, 0.25) is 0 Å². The summed E-state index contributed by atoms with van der Waals surface area (Å²) in [6.07, 6.45) is -4.49. The monoisotopic (exact) mass is 235 g/mol. The van der Waals surface area contributed by atoms with Crippen molar-refractivity contribution in [1.29, 1.82) is 0 Å². The van der Waals surface area contributed by atoms with Crippen molar-refractivity contribution in [2.45, 2.75) is 12.2 Å². The molecule has 1 aromatic carbocycles. The Morgan fingerprint density at radius 2 is 1.50 bits per heavy atom. The first-order chi connectivity index (χ1) is 7.38. The lowest BCUT2D eigenvalue weighted by molar-refractivity contribution is -0.149. The normalized spacial score (nSPS) is 13.4. The van der Waals surface area contributed by atoms with Gasteiger partial charge in [0.15, 0.2) is 0 Å². The zero-order valence-corrected chi connectivity index (χ0v) is 8.84. The van der Waals surface area contributed by atoms with Crippen LogP contribution >= 0.6 is 0 Å². The predicted octanol–water partition coefficient (Wildman–Crippen LogP) is 2.27. The van der Waals surface area contributed by atoms with E-state index >= 15 is 0 Å². The third-order valence-electron chi connectivity index (χ3n) is 2.09. The number of alkyl halides is 3. The van der Waals surface area contributed by atoms with E-state index < -0.39 is 12.2 Å². The first-order valence-corrected chi connectivity index (χ1v) is 4.43. The second-order valence-electron chi connectivity index (χ2n) is 3.17. The minimum atomic E-state index is -4.49. The quantitative estimate of drug-likeness (QED) is 0.874. The summed E-state index contributed by atoms with van der Waals surface area (Å²) in [5.41, 5.74) is 4.99. The maximum absolute atomic E-state index is 12.4. The van der Waals surface area contributed by atoms with E-state index in [0.717, 1.165) is 0 Å². The topological polar surface area (TPSA) is 44.5 Å². The Bertz CT molecular complexity index is 343. The maximum atomic E-state index is 12.4. The molecule has 0 saturated carbocycles. The van der Waals surface area contributed by atoms with Crippen molar-refractivity contribution in [3.8, 4) is 11.5 Å². The molecule has 1 atom stereocenters. The molecule has 0 amide bonds. The summed E-state index contributed by atoms with van der Waals surface area (Å²) in [7, 11) is 2.72. The summed E-state index contributed by atoms with van der Waals surface area (Å²) >= 11 is 0. The van der Waals surface area contributed by atoms with Crippen molar-refractivity contribution in [3.63, 3.8) is 0 Å². The van der Waals surface area contributed by atoms with E-state index in [2.05, 4.69) is 0 Å². The Balaban J connectivity index is 3.13. The van der Waals surface area contributed by atoms with Crippen LogP contribution in [0.1, 0.15) is 11.6 Å². The third-order valence-corrected chi connectivity index (χ3v) is 2.09. The number of nitrogens with two attached hydrogens (primary N) is 1. The smallest absolute Gasteiger partial charge is 0.407 e. The van der Waals surface area contributed by atoms with E-state index in [9.17, 15) is 13.2 Å². The number of hydrogen-bond acceptors (Lipinski definition) is 3. The molecular weight excluding hydrogens is 223 g/mol. The standard InChI is InChI=1S/C10H12F3NO2/c1-15-7-3-6(4-8(5-7)16-2)9(14)10(11,12)13/h3-5,9H,14H2,1-2H3/t9-/m1/s1. The predicted molar refractivity (Wildman–Crippen MR) is 52.5 cm³/mol. The summed E-state index contributed by atoms with van der Waals surface area (Å²) < 4.78 is 46.9. The van der Waals surface area contributed by atoms with Crippen molar-refractivity contribution in [1.82, 2.24) is 0 Å². The molecule has 6 heteroatoms. The Hall–Kier alpha value is -1.43. The zero-order valence-electron chi connectivity index (χ0n) is 8.84. The summed E-state index contributed by atoms with van der Waals surface area (Å²) in [6, 6.07) is 1.91. The maximum Gasteiger partial charge on any atom is 0.407 e. The second kappa shape index (κ2) is 4.61. The first kappa shape index (κ1) is 12.6. The lowest BCUT2D eigenvalue weighted by atomic mass is 10.1. The third kappa shape index (κ3) is 2.79. The average molecular weight is 235 g/mol. The second-order valence-corrected chi connectivity index (χ2v) is 3.17. The number of methoxy groups -OCH3 is 2. The molecule has 16 heavy (non-hydrogen) atoms. The van der Waals surface area contributed by atoms with Gasteiger partial charge in [-0.15, -0.1) is 0 Å². The molecule has 0 heterocycles. The molecule has 0 fully saturated rings. The fourth-order valence-corrected chi connectivity index (χ4v) is 1.20. The minimum Gasteiger partial charge on any atom is -0.497 e. The van der Waals surface area contributed by atoms with Gasteiger partial charge in [-0.2, -0.15) is 13.2 Å². The van der Waals surface area contributed by atoms with Gasteiger partial charge in [-0.3, -0.25) is 0 Å². The SMILES string of the molecule is COc1cc(OC)cc([C@@H](N)C(F)(F)F)c1. The highest BCUT2D eigenvalue weighted by Crippen LogP contribution is 2.34. The van der Waals surface area contributed by atoms with Crippen molar-refractivity contribution in [3.05, 3.63) is 23.8 Å². The van der Waals surface area contributed by atoms with Gasteiger partial charge in [-0.25, -0.2) is 0 Å². The number of hydrogen-bond donors (Lipinski definition) is 1. The van der Waals surface area contributed by atoms with E-state index in [1.165, 1.54) is 32.4 Å². The van der Waals surface area contributed by atoms with Crippen LogP contribution < -0.4 is 15.2 Å². The molecule has 1 aromatic rings. The zero-order chi connectivity index (χ0) is 12.3. The van der Waals surface area contributed by atoms with Gasteiger partial charge in [-0.05, 0) is 17.7 Å². The van der Waals surface area contributed by atoms with Gasteiger partial charge in [0.2, 0.25) is 0 Å². The van der Waals surface area contributed by atoms with Crippen molar-refractivity contribution < 1.29 is 22.6 Å². The summed E-state index contributed by atoms with van der Waals surface area (Å²) in [4.78, 5) is 0. The van der Waals surface area contributed by atoms with Crippen LogP contribution in [-0.4, -0.2) is 20.4 Å². The molecule has 1 rings (SSSR count). The van der Waals surface area contributed by atoms with Crippen LogP contribution in [-0.2, 0) is 0 Å². The molecule has 0 aliphatic carbocycles. The molecule has 0 aromatic heterocycles. The molecule has 0 bridgehead atoms. The molecule has 90 valence electrons. The van der Waals surface area contributed by atoms with Gasteiger partial charge in [-0.1, -0.05) is 0 Å². The fourth-order valence-electron chi connectivity index (χ4n) is 1.20. The Kier molecular flexibility index (Phi) is 3.64. The van der Waals surface area contributed by atoms with Gasteiger partial charge in [0.1, 0.15) is 17.5 Å². The molecule has 0 unspecified atom stereocenters. The average Bonchev–Trinajstić information content (AvgIpc) is 2.26. The largest absolute Gasteiger partial charge is 0.497 e. The van der Waals surface area contributed by atoms with Crippen molar-refractivity contribution in [2.24, 2.45) is 5.73 Å². The van der Waals surface area contributed by atoms with Crippen molar-refractivity contribution in [2.75, 3.05) is 14.2 Å². The van der Waals surface area contributed by atoms with Gasteiger partial charge >= 0.3 is 6.18 Å². The van der Waals surface area contributed by atoms with Crippen LogP contribution in [0.5, 0.6) is 11.5 Å². The van der Waals surface area contributed by atoms with E-state index in [1.54, 1.807) is 0 Å². The Morgan fingerprint density at radius 1 is 1.06 bits per heavy atom. The number of ether oxygens (including phenoxy) is 2. The van der Waals surface area contributed by atoms with Gasteiger partial charge in [0.25, 0.3) is 0 Å². The molecule has 0 aliphatic rings. The lowest BCUT2D eigenvalue weighted by Crippen LogP contribution is -2.28. The summed E-state index contributed by atoms with van der Waals surface area (Å²) in [6.45, 7) is 0. The van der Waals surface area contributed by atoms with Crippen LogP contribution in [0.15, 0.2) is 18.2 Å². The molecular formula is C10H12F3NO2. The van der Waals surface area contributed by atoms with Crippen LogP contribution in [0.25, 0.3) is 0 Å². The molecule has 2 N–H and O–H groups in total. The highest BCUT2D eigenvalue weighted by molar-refractivity contribution is 5.40. The van der Waals surface area contributed by atoms with E-state index in [1.807, 2.05) is 0 Å². The van der Waals surface area contributed by atoms with E-state index in [-0.39, 0.29) is 17.1 Å². The van der Waals surface area contributed by atoms with Crippen molar-refractivity contribution >= 4 is 0 Å². The van der Waals surface area contributed by atoms with Gasteiger partial charge < -0.3 is 15.2 Å². The highest BCUT2D eigenvalue weighted by Gasteiger charge is 2.38. The number of halogens is 3. The van der Waals surface area contributed by atoms with Gasteiger partial charge in [0, 0.05) is 6.07 Å². The molecule has 0 spiro atoms. The molecule has 0 radical (unpaired) electrons. The highest BCUT2D eigenvalue weighted by atomic mass is 19.4. The van der Waals surface area contributed by atoms with Crippen LogP contribution in [0.3, 0.4) is 0 Å². The van der Waals surface area contributed by atoms with E-state index in [4.69, 9.17) is 15.2 Å². The lowest BCUT2D eigenvalue weighted by Gasteiger charge is -2.17. The molecule has 0 saturated heterocycles. The number of benzene rings is 1. The van der Waals surface area contributed by atoms with Crippen LogP contribution in [0, 0.1) is 0 Å². The fraction of sp³-hybridized carbons (Fsp3) is 0.400. The molecule has 0 aliphatic heterocycles. The van der Waals surface area contributed by atoms with Crippen LogP contribution in [0.4, 0.5) is 13.2 Å².